The van der Waals surface area contributed by atoms with Crippen molar-refractivity contribution in [2.45, 2.75) is 0 Å². The normalized spacial score (nSPS) is 10.6. The maximum atomic E-state index is 12.1. The van der Waals surface area contributed by atoms with Crippen LogP contribution in [-0.2, 0) is 4.79 Å². The van der Waals surface area contributed by atoms with Crippen molar-refractivity contribution in [3.8, 4) is 28.8 Å². The smallest absolute Gasteiger partial charge is 0.277 e. The fraction of sp³-hybridized carbons (Fsp3) is 0.0417. The Bertz CT molecular complexity index is 1280. The highest BCUT2D eigenvalue weighted by Gasteiger charge is 2.11. The number of hydrogen-bond donors (Lipinski definition) is 1. The molecule has 0 radical (unpaired) electrons. The lowest BCUT2D eigenvalue weighted by molar-refractivity contribution is -0.123. The number of rotatable bonds is 7. The minimum absolute atomic E-state index is 0.269. The minimum Gasteiger partial charge on any atom is -0.482 e. The number of carbonyl (C=O) groups excluding carboxylic acids is 1. The summed E-state index contributed by atoms with van der Waals surface area (Å²) in [5.41, 5.74) is 5.90. The number of nitrogens with one attached hydrogen (secondary N) is 1. The number of carbonyl (C=O) groups is 1. The Hall–Kier alpha value is -4.77. The molecule has 2 aromatic carbocycles. The predicted molar refractivity (Wildman–Crippen MR) is 119 cm³/mol. The van der Waals surface area contributed by atoms with Crippen molar-refractivity contribution >= 4 is 12.1 Å². The quantitative estimate of drug-likeness (QED) is 0.363. The van der Waals surface area contributed by atoms with Gasteiger partial charge in [-0.15, -0.1) is 0 Å². The number of hydrazone groups is 1. The van der Waals surface area contributed by atoms with E-state index in [-0.39, 0.29) is 6.61 Å². The van der Waals surface area contributed by atoms with Gasteiger partial charge in [0.05, 0.1) is 17.5 Å². The molecular formula is C24H18N6O2. The van der Waals surface area contributed by atoms with Gasteiger partial charge in [-0.25, -0.2) is 10.1 Å². The van der Waals surface area contributed by atoms with Crippen molar-refractivity contribution in [2.75, 3.05) is 6.61 Å². The number of nitrogens with zero attached hydrogens (tertiary/aromatic N) is 5. The summed E-state index contributed by atoms with van der Waals surface area (Å²) >= 11 is 0. The minimum atomic E-state index is -0.452. The van der Waals surface area contributed by atoms with E-state index in [1.807, 2.05) is 54.7 Å². The number of ether oxygens (including phenoxy) is 1. The summed E-state index contributed by atoms with van der Waals surface area (Å²) in [4.78, 5) is 16.3. The van der Waals surface area contributed by atoms with Gasteiger partial charge in [-0.1, -0.05) is 30.3 Å². The average molecular weight is 422 g/mol. The third-order valence-corrected chi connectivity index (χ3v) is 4.46. The van der Waals surface area contributed by atoms with Gasteiger partial charge in [0.15, 0.2) is 6.61 Å². The van der Waals surface area contributed by atoms with Gasteiger partial charge >= 0.3 is 0 Å². The van der Waals surface area contributed by atoms with Crippen molar-refractivity contribution in [2.24, 2.45) is 5.10 Å². The van der Waals surface area contributed by atoms with Crippen LogP contribution in [0.5, 0.6) is 5.75 Å². The van der Waals surface area contributed by atoms with Crippen molar-refractivity contribution in [3.63, 3.8) is 0 Å². The Kier molecular flexibility index (Phi) is 6.29. The largest absolute Gasteiger partial charge is 0.482 e. The Labute approximate surface area is 184 Å². The van der Waals surface area contributed by atoms with Crippen LogP contribution < -0.4 is 10.2 Å². The topological polar surface area (TPSA) is 105 Å². The number of para-hydroxylation sites is 2. The molecule has 0 aliphatic rings. The zero-order chi connectivity index (χ0) is 22.2. The van der Waals surface area contributed by atoms with E-state index in [0.717, 1.165) is 11.3 Å². The molecule has 0 aliphatic heterocycles. The maximum absolute atomic E-state index is 12.1. The first kappa shape index (κ1) is 20.5. The summed E-state index contributed by atoms with van der Waals surface area (Å²) in [7, 11) is 0. The molecule has 8 heteroatoms. The van der Waals surface area contributed by atoms with Crippen LogP contribution in [0.4, 0.5) is 0 Å². The zero-order valence-corrected chi connectivity index (χ0v) is 16.9. The lowest BCUT2D eigenvalue weighted by Crippen LogP contribution is -2.24. The van der Waals surface area contributed by atoms with Crippen LogP contribution in [-0.4, -0.2) is 33.5 Å². The molecule has 1 N–H and O–H groups in total. The molecule has 2 heterocycles. The number of aromatic nitrogens is 3. The number of pyridine rings is 1. The molecule has 0 atom stereocenters. The summed E-state index contributed by atoms with van der Waals surface area (Å²) in [6.07, 6.45) is 6.76. The van der Waals surface area contributed by atoms with Gasteiger partial charge in [0, 0.05) is 29.7 Å². The van der Waals surface area contributed by atoms with Crippen LogP contribution >= 0.6 is 0 Å². The summed E-state index contributed by atoms with van der Waals surface area (Å²) in [5, 5.41) is 17.8. The average Bonchev–Trinajstić information content (AvgIpc) is 3.28. The first-order chi connectivity index (χ1) is 15.7. The van der Waals surface area contributed by atoms with Crippen LogP contribution in [0.3, 0.4) is 0 Å². The first-order valence-corrected chi connectivity index (χ1v) is 9.74. The SMILES string of the molecule is N#Cc1ccccc1OCC(=O)N/N=C/c1cn(-c2ccccc2)nc1-c1cccnc1. The molecule has 0 unspecified atom stereocenters. The monoisotopic (exact) mass is 422 g/mol. The standard InChI is InChI=1S/C24H18N6O2/c25-13-18-7-4-5-11-22(18)32-17-23(31)28-27-15-20-16-30(21-9-2-1-3-10-21)29-24(20)19-8-6-12-26-14-19/h1-12,14-16H,17H2,(H,28,31)/b27-15+. The second kappa shape index (κ2) is 9.82. The van der Waals surface area contributed by atoms with Gasteiger partial charge in [-0.3, -0.25) is 9.78 Å². The number of nitriles is 1. The predicted octanol–water partition coefficient (Wildman–Crippen LogP) is 3.34. The van der Waals surface area contributed by atoms with Crippen LogP contribution in [0.15, 0.2) is 90.4 Å². The van der Waals surface area contributed by atoms with Crippen molar-refractivity contribution < 1.29 is 9.53 Å². The van der Waals surface area contributed by atoms with Crippen LogP contribution in [0.1, 0.15) is 11.1 Å². The maximum Gasteiger partial charge on any atom is 0.277 e. The molecule has 0 fully saturated rings. The molecule has 0 aliphatic carbocycles. The second-order valence-corrected chi connectivity index (χ2v) is 6.64. The molecule has 0 bridgehead atoms. The second-order valence-electron chi connectivity index (χ2n) is 6.64. The van der Waals surface area contributed by atoms with E-state index in [1.165, 1.54) is 6.21 Å². The van der Waals surface area contributed by atoms with E-state index in [1.54, 1.807) is 41.3 Å². The van der Waals surface area contributed by atoms with Crippen molar-refractivity contribution in [1.29, 1.82) is 5.26 Å². The number of hydrogen-bond acceptors (Lipinski definition) is 6. The first-order valence-electron chi connectivity index (χ1n) is 9.74. The van der Waals surface area contributed by atoms with E-state index in [2.05, 4.69) is 20.6 Å². The molecule has 156 valence electrons. The van der Waals surface area contributed by atoms with E-state index >= 15 is 0 Å². The van der Waals surface area contributed by atoms with E-state index < -0.39 is 5.91 Å². The highest BCUT2D eigenvalue weighted by Crippen LogP contribution is 2.21. The summed E-state index contributed by atoms with van der Waals surface area (Å²) < 4.78 is 7.16. The van der Waals surface area contributed by atoms with Crippen LogP contribution in [0.25, 0.3) is 16.9 Å². The Balaban J connectivity index is 1.48. The molecule has 2 aromatic heterocycles. The lowest BCUT2D eigenvalue weighted by Gasteiger charge is -2.06. The number of amides is 1. The van der Waals surface area contributed by atoms with E-state index in [0.29, 0.717) is 22.6 Å². The molecule has 1 amide bonds. The highest BCUT2D eigenvalue weighted by molar-refractivity contribution is 5.89. The summed E-state index contributed by atoms with van der Waals surface area (Å²) in [6, 6.07) is 22.1. The zero-order valence-electron chi connectivity index (χ0n) is 16.9. The van der Waals surface area contributed by atoms with Gasteiger partial charge in [0.25, 0.3) is 5.91 Å². The van der Waals surface area contributed by atoms with Gasteiger partial charge in [0.1, 0.15) is 17.5 Å². The third kappa shape index (κ3) is 4.86. The Morgan fingerprint density at radius 2 is 1.94 bits per heavy atom. The molecule has 0 saturated carbocycles. The molecule has 4 aromatic rings. The van der Waals surface area contributed by atoms with Gasteiger partial charge in [-0.05, 0) is 36.4 Å². The van der Waals surface area contributed by atoms with Crippen molar-refractivity contribution in [3.05, 3.63) is 96.4 Å². The molecule has 32 heavy (non-hydrogen) atoms. The lowest BCUT2D eigenvalue weighted by atomic mass is 10.1. The third-order valence-electron chi connectivity index (χ3n) is 4.46. The fourth-order valence-corrected chi connectivity index (χ4v) is 2.96. The number of benzene rings is 2. The fourth-order valence-electron chi connectivity index (χ4n) is 2.96. The van der Waals surface area contributed by atoms with E-state index in [9.17, 15) is 4.79 Å². The highest BCUT2D eigenvalue weighted by atomic mass is 16.5. The van der Waals surface area contributed by atoms with E-state index in [4.69, 9.17) is 10.00 Å². The van der Waals surface area contributed by atoms with Gasteiger partial charge in [0.2, 0.25) is 0 Å². The summed E-state index contributed by atoms with van der Waals surface area (Å²) in [5.74, 6) is -0.107. The van der Waals surface area contributed by atoms with Crippen molar-refractivity contribution in [1.82, 2.24) is 20.2 Å². The Morgan fingerprint density at radius 3 is 2.72 bits per heavy atom. The molecule has 4 rings (SSSR count). The van der Waals surface area contributed by atoms with Gasteiger partial charge < -0.3 is 4.74 Å². The van der Waals surface area contributed by atoms with Gasteiger partial charge in [-0.2, -0.15) is 15.5 Å². The van der Waals surface area contributed by atoms with Crippen LogP contribution in [0, 0.1) is 11.3 Å². The molecule has 0 saturated heterocycles. The molecule has 0 spiro atoms. The summed E-state index contributed by atoms with van der Waals surface area (Å²) in [6.45, 7) is -0.269. The Morgan fingerprint density at radius 1 is 1.12 bits per heavy atom. The molecule has 8 nitrogen and oxygen atoms in total. The molecular weight excluding hydrogens is 404 g/mol. The van der Waals surface area contributed by atoms with Crippen LogP contribution in [0.2, 0.25) is 0 Å².